The van der Waals surface area contributed by atoms with Crippen LogP contribution in [0.3, 0.4) is 0 Å². The summed E-state index contributed by atoms with van der Waals surface area (Å²) in [6.07, 6.45) is 8.17. The topological polar surface area (TPSA) is 6.48 Å². The Balaban J connectivity index is 1.40. The third kappa shape index (κ3) is 3.12. The highest BCUT2D eigenvalue weighted by molar-refractivity contribution is 5.87. The second-order valence-corrected chi connectivity index (χ2v) is 14.9. The van der Waals surface area contributed by atoms with Crippen LogP contribution in [0.15, 0.2) is 36.4 Å². The number of rotatable bonds is 1. The van der Waals surface area contributed by atoms with Crippen LogP contribution >= 0.6 is 0 Å². The molecule has 0 N–H and O–H groups in total. The zero-order chi connectivity index (χ0) is 26.9. The van der Waals surface area contributed by atoms with Crippen LogP contribution in [0, 0.1) is 24.7 Å². The van der Waals surface area contributed by atoms with E-state index in [0.717, 1.165) is 6.42 Å². The monoisotopic (exact) mass is 508 g/mol. The average Bonchev–Trinajstić information content (AvgIpc) is 3.17. The average molecular weight is 509 g/mol. The van der Waals surface area contributed by atoms with Gasteiger partial charge in [-0.05, 0) is 126 Å². The van der Waals surface area contributed by atoms with Gasteiger partial charge in [0.25, 0.3) is 0 Å². The van der Waals surface area contributed by atoms with Crippen molar-refractivity contribution in [3.05, 3.63) is 64.2 Å². The molecule has 38 heavy (non-hydrogen) atoms. The number of hydrogen-bond acceptors (Lipinski definition) is 2. The zero-order valence-corrected chi connectivity index (χ0v) is 25.1. The first-order valence-electron chi connectivity index (χ1n) is 15.5. The van der Waals surface area contributed by atoms with Crippen molar-refractivity contribution < 1.29 is 0 Å². The van der Waals surface area contributed by atoms with Gasteiger partial charge in [0.2, 0.25) is 0 Å². The Kier molecular flexibility index (Phi) is 5.17. The summed E-state index contributed by atoms with van der Waals surface area (Å²) in [7, 11) is 2.34. The van der Waals surface area contributed by atoms with E-state index in [9.17, 15) is 0 Å². The van der Waals surface area contributed by atoms with E-state index in [1.807, 2.05) is 0 Å². The van der Waals surface area contributed by atoms with E-state index < -0.39 is 0 Å². The summed E-state index contributed by atoms with van der Waals surface area (Å²) >= 11 is 0. The minimum atomic E-state index is 0.339. The van der Waals surface area contributed by atoms with Crippen molar-refractivity contribution in [3.8, 4) is 0 Å². The summed E-state index contributed by atoms with van der Waals surface area (Å²) in [5.41, 5.74) is 14.4. The number of anilines is 3. The number of allylic oxidation sites excluding steroid dienone is 1. The van der Waals surface area contributed by atoms with Gasteiger partial charge in [0.15, 0.2) is 0 Å². The molecular weight excluding hydrogens is 460 g/mol. The SMILES string of the molecule is C=C1CC(c2cc3c(cc2C)N(C)C2C(C)C(C)c4cc5c(cc4N32)C2(C)CCC5(C)CC2)CC(C)C1C. The maximum absolute atomic E-state index is 4.50. The number of benzene rings is 2. The molecule has 6 unspecified atom stereocenters. The molecule has 0 spiro atoms. The van der Waals surface area contributed by atoms with Crippen LogP contribution in [-0.2, 0) is 10.8 Å². The van der Waals surface area contributed by atoms with Gasteiger partial charge in [0, 0.05) is 18.7 Å². The highest BCUT2D eigenvalue weighted by Gasteiger charge is 2.51. The Bertz CT molecular complexity index is 1340. The first-order valence-corrected chi connectivity index (χ1v) is 15.5. The molecule has 2 aromatic carbocycles. The number of hydrogen-bond donors (Lipinski definition) is 0. The minimum Gasteiger partial charge on any atom is -0.352 e. The number of fused-ring (bicyclic) bond motifs is 7. The van der Waals surface area contributed by atoms with Crippen molar-refractivity contribution >= 4 is 17.1 Å². The number of aryl methyl sites for hydroxylation is 1. The molecule has 0 aromatic heterocycles. The molecule has 2 fully saturated rings. The molecule has 0 radical (unpaired) electrons. The van der Waals surface area contributed by atoms with E-state index in [1.165, 1.54) is 60.3 Å². The van der Waals surface area contributed by atoms with Gasteiger partial charge in [-0.2, -0.15) is 0 Å². The summed E-state index contributed by atoms with van der Waals surface area (Å²) in [5, 5.41) is 0. The molecule has 2 heterocycles. The normalized spacial score (nSPS) is 39.1. The van der Waals surface area contributed by atoms with Gasteiger partial charge in [-0.1, -0.05) is 59.8 Å². The van der Waals surface area contributed by atoms with Gasteiger partial charge < -0.3 is 9.80 Å². The van der Waals surface area contributed by atoms with Gasteiger partial charge >= 0.3 is 0 Å². The van der Waals surface area contributed by atoms with Crippen LogP contribution in [0.2, 0.25) is 0 Å². The Labute approximate surface area is 231 Å². The maximum Gasteiger partial charge on any atom is 0.109 e. The minimum absolute atomic E-state index is 0.339. The first-order chi connectivity index (χ1) is 17.9. The smallest absolute Gasteiger partial charge is 0.109 e. The van der Waals surface area contributed by atoms with Crippen LogP contribution in [0.5, 0.6) is 0 Å². The Morgan fingerprint density at radius 3 is 2.05 bits per heavy atom. The fourth-order valence-corrected chi connectivity index (χ4v) is 9.42. The number of nitrogens with zero attached hydrogens (tertiary/aromatic N) is 2. The lowest BCUT2D eigenvalue weighted by molar-refractivity contribution is 0.187. The molecule has 6 aliphatic rings. The van der Waals surface area contributed by atoms with E-state index in [-0.39, 0.29) is 0 Å². The van der Waals surface area contributed by atoms with Crippen molar-refractivity contribution in [2.24, 2.45) is 17.8 Å². The molecule has 8 rings (SSSR count). The van der Waals surface area contributed by atoms with E-state index in [1.54, 1.807) is 22.3 Å². The predicted molar refractivity (Wildman–Crippen MR) is 162 cm³/mol. The van der Waals surface area contributed by atoms with Crippen LogP contribution in [0.4, 0.5) is 17.1 Å². The zero-order valence-electron chi connectivity index (χ0n) is 25.1. The molecule has 2 saturated carbocycles. The van der Waals surface area contributed by atoms with Gasteiger partial charge in [0.05, 0.1) is 11.4 Å². The van der Waals surface area contributed by atoms with E-state index in [4.69, 9.17) is 0 Å². The lowest BCUT2D eigenvalue weighted by Crippen LogP contribution is -2.49. The lowest BCUT2D eigenvalue weighted by Gasteiger charge is -2.54. The summed E-state index contributed by atoms with van der Waals surface area (Å²) in [4.78, 5) is 5.35. The summed E-state index contributed by atoms with van der Waals surface area (Å²) in [6.45, 7) is 21.7. The molecule has 0 saturated heterocycles. The highest BCUT2D eigenvalue weighted by atomic mass is 15.4. The Hall–Kier alpha value is -2.22. The van der Waals surface area contributed by atoms with Crippen molar-refractivity contribution in [1.82, 2.24) is 0 Å². The van der Waals surface area contributed by atoms with Crippen LogP contribution in [-0.4, -0.2) is 13.2 Å². The standard InChI is InChI=1S/C36H48N2/c1-20-14-26(15-21(2)23(20)4)27-18-33-32(16-22(27)3)37(9)34-25(6)24(5)28-17-29-30(19-31(28)38(33)34)36(8)12-10-35(29,7)11-13-36/h16-19,21,23-26,34H,1,10-15H2,2-9H3. The summed E-state index contributed by atoms with van der Waals surface area (Å²) < 4.78 is 0. The third-order valence-corrected chi connectivity index (χ3v) is 12.7. The lowest BCUT2D eigenvalue weighted by atomic mass is 9.52. The van der Waals surface area contributed by atoms with Crippen LogP contribution in [0.1, 0.15) is 120 Å². The van der Waals surface area contributed by atoms with Gasteiger partial charge in [-0.15, -0.1) is 0 Å². The molecule has 2 heteroatoms. The van der Waals surface area contributed by atoms with Gasteiger partial charge in [-0.3, -0.25) is 0 Å². The van der Waals surface area contributed by atoms with Gasteiger partial charge in [0.1, 0.15) is 6.17 Å². The maximum atomic E-state index is 4.50. The van der Waals surface area contributed by atoms with Crippen molar-refractivity contribution in [2.75, 3.05) is 16.8 Å². The Morgan fingerprint density at radius 2 is 1.42 bits per heavy atom. The van der Waals surface area contributed by atoms with Crippen LogP contribution in [0.25, 0.3) is 0 Å². The largest absolute Gasteiger partial charge is 0.352 e. The molecule has 2 nitrogen and oxygen atoms in total. The Morgan fingerprint density at radius 1 is 0.789 bits per heavy atom. The fraction of sp³-hybridized carbons (Fsp3) is 0.611. The molecule has 202 valence electrons. The molecule has 2 aliphatic heterocycles. The second-order valence-electron chi connectivity index (χ2n) is 14.9. The van der Waals surface area contributed by atoms with Crippen molar-refractivity contribution in [3.63, 3.8) is 0 Å². The quantitative estimate of drug-likeness (QED) is 0.354. The summed E-state index contributed by atoms with van der Waals surface area (Å²) in [6, 6.07) is 10.5. The molecule has 6 atom stereocenters. The molecule has 4 aliphatic carbocycles. The third-order valence-electron chi connectivity index (χ3n) is 12.7. The second kappa shape index (κ2) is 7.92. The molecule has 2 aromatic rings. The predicted octanol–water partition coefficient (Wildman–Crippen LogP) is 9.47. The first kappa shape index (κ1) is 24.8. The van der Waals surface area contributed by atoms with E-state index >= 15 is 0 Å². The van der Waals surface area contributed by atoms with E-state index in [0.29, 0.717) is 46.6 Å². The molecular formula is C36H48N2. The fourth-order valence-electron chi connectivity index (χ4n) is 9.42. The van der Waals surface area contributed by atoms with Crippen LogP contribution < -0.4 is 9.80 Å². The van der Waals surface area contributed by atoms with Crippen molar-refractivity contribution in [1.29, 1.82) is 0 Å². The molecule has 2 bridgehead atoms. The van der Waals surface area contributed by atoms with Gasteiger partial charge in [-0.25, -0.2) is 0 Å². The van der Waals surface area contributed by atoms with Crippen molar-refractivity contribution in [2.45, 2.75) is 116 Å². The molecule has 0 amide bonds. The highest BCUT2D eigenvalue weighted by Crippen LogP contribution is 2.61. The van der Waals surface area contributed by atoms with E-state index in [2.05, 4.69) is 96.2 Å². The summed E-state index contributed by atoms with van der Waals surface area (Å²) in [5.74, 6) is 3.03.